The van der Waals surface area contributed by atoms with Gasteiger partial charge in [0.1, 0.15) is 6.10 Å². The zero-order valence-electron chi connectivity index (χ0n) is 8.61. The van der Waals surface area contributed by atoms with Crippen molar-refractivity contribution in [1.29, 1.82) is 0 Å². The van der Waals surface area contributed by atoms with Crippen molar-refractivity contribution in [2.24, 2.45) is 5.14 Å². The Labute approximate surface area is 95.7 Å². The van der Waals surface area contributed by atoms with E-state index >= 15 is 0 Å². The van der Waals surface area contributed by atoms with E-state index in [9.17, 15) is 26.4 Å². The van der Waals surface area contributed by atoms with E-state index in [2.05, 4.69) is 4.74 Å². The Morgan fingerprint density at radius 2 is 1.76 bits per heavy atom. The number of alkyl halides is 3. The zero-order valence-corrected chi connectivity index (χ0v) is 9.42. The average Bonchev–Trinajstić information content (AvgIpc) is 2.15. The van der Waals surface area contributed by atoms with Crippen molar-refractivity contribution in [3.05, 3.63) is 0 Å². The Morgan fingerprint density at radius 3 is 2.12 bits per heavy atom. The van der Waals surface area contributed by atoms with Crippen LogP contribution in [-0.2, 0) is 19.7 Å². The van der Waals surface area contributed by atoms with Crippen molar-refractivity contribution in [3.8, 4) is 0 Å². The van der Waals surface area contributed by atoms with Gasteiger partial charge in [0, 0.05) is 13.1 Å². The summed E-state index contributed by atoms with van der Waals surface area (Å²) in [7, 11) is -3.84. The highest BCUT2D eigenvalue weighted by molar-refractivity contribution is 7.86. The van der Waals surface area contributed by atoms with Gasteiger partial charge in [-0.15, -0.1) is 0 Å². The molecular weight excluding hydrogens is 265 g/mol. The lowest BCUT2D eigenvalue weighted by Gasteiger charge is -2.29. The summed E-state index contributed by atoms with van der Waals surface area (Å²) in [6.45, 7) is -0.122. The number of hydrogen-bond donors (Lipinski definition) is 1. The van der Waals surface area contributed by atoms with E-state index in [-0.39, 0.29) is 25.9 Å². The first-order valence-corrected chi connectivity index (χ1v) is 6.16. The van der Waals surface area contributed by atoms with Gasteiger partial charge >= 0.3 is 12.1 Å². The molecule has 1 heterocycles. The summed E-state index contributed by atoms with van der Waals surface area (Å²) >= 11 is 0. The predicted molar refractivity (Wildman–Crippen MR) is 49.8 cm³/mol. The van der Waals surface area contributed by atoms with Crippen LogP contribution in [0.3, 0.4) is 0 Å². The second kappa shape index (κ2) is 4.78. The number of rotatable bonds is 2. The van der Waals surface area contributed by atoms with Gasteiger partial charge in [-0.1, -0.05) is 0 Å². The first kappa shape index (κ1) is 14.2. The number of halogens is 3. The fourth-order valence-corrected chi connectivity index (χ4v) is 2.14. The second-order valence-corrected chi connectivity index (χ2v) is 5.09. The van der Waals surface area contributed by atoms with E-state index in [1.807, 2.05) is 0 Å². The molecule has 6 nitrogen and oxygen atoms in total. The number of ether oxygens (including phenoxy) is 1. The summed E-state index contributed by atoms with van der Waals surface area (Å²) in [4.78, 5) is 10.5. The summed E-state index contributed by atoms with van der Waals surface area (Å²) in [5.74, 6) is -2.26. The molecule has 0 aromatic rings. The molecular formula is C7H11F3N2O4S. The molecule has 0 saturated carbocycles. The minimum atomic E-state index is -5.03. The van der Waals surface area contributed by atoms with Crippen molar-refractivity contribution in [3.63, 3.8) is 0 Å². The Hall–Kier alpha value is -0.870. The third kappa shape index (κ3) is 4.13. The van der Waals surface area contributed by atoms with Crippen LogP contribution in [0.15, 0.2) is 0 Å². The highest BCUT2D eigenvalue weighted by atomic mass is 32.2. The molecule has 1 aliphatic rings. The normalized spacial score (nSPS) is 20.2. The Balaban J connectivity index is 2.46. The van der Waals surface area contributed by atoms with Crippen LogP contribution in [0.5, 0.6) is 0 Å². The smallest absolute Gasteiger partial charge is 0.456 e. The molecule has 0 atom stereocenters. The van der Waals surface area contributed by atoms with Gasteiger partial charge in [0.05, 0.1) is 0 Å². The third-order valence-electron chi connectivity index (χ3n) is 2.27. The highest BCUT2D eigenvalue weighted by Crippen LogP contribution is 2.21. The van der Waals surface area contributed by atoms with E-state index < -0.39 is 28.5 Å². The lowest BCUT2D eigenvalue weighted by atomic mass is 10.1. The number of carbonyl (C=O) groups excluding carboxylic acids is 1. The maximum atomic E-state index is 11.9. The molecule has 1 saturated heterocycles. The van der Waals surface area contributed by atoms with Crippen molar-refractivity contribution in [1.82, 2.24) is 4.31 Å². The molecule has 0 spiro atoms. The standard InChI is InChI=1S/C7H11F3N2O4S/c8-7(9,10)6(13)16-5-1-3-12(4-2-5)17(11,14)15/h5H,1-4H2,(H2,11,14,15). The predicted octanol–water partition coefficient (Wildman–Crippen LogP) is -0.240. The Bertz CT molecular complexity index is 386. The first-order chi connectivity index (χ1) is 7.60. The lowest BCUT2D eigenvalue weighted by molar-refractivity contribution is -0.206. The molecule has 0 radical (unpaired) electrons. The number of carbonyl (C=O) groups is 1. The summed E-state index contributed by atoms with van der Waals surface area (Å²) in [5.41, 5.74) is 0. The summed E-state index contributed by atoms with van der Waals surface area (Å²) in [6, 6.07) is 0. The molecule has 0 bridgehead atoms. The number of piperidine rings is 1. The summed E-state index contributed by atoms with van der Waals surface area (Å²) in [6.07, 6.45) is -5.96. The fourth-order valence-electron chi connectivity index (χ4n) is 1.42. The van der Waals surface area contributed by atoms with Crippen molar-refractivity contribution in [2.75, 3.05) is 13.1 Å². The average molecular weight is 276 g/mol. The number of nitrogens with zero attached hydrogens (tertiary/aromatic N) is 1. The third-order valence-corrected chi connectivity index (χ3v) is 3.35. The quantitative estimate of drug-likeness (QED) is 0.705. The first-order valence-electron chi connectivity index (χ1n) is 4.66. The van der Waals surface area contributed by atoms with Crippen LogP contribution >= 0.6 is 0 Å². The van der Waals surface area contributed by atoms with Gasteiger partial charge in [-0.25, -0.2) is 9.93 Å². The van der Waals surface area contributed by atoms with Gasteiger partial charge in [0.2, 0.25) is 0 Å². The SMILES string of the molecule is NS(=O)(=O)N1CCC(OC(=O)C(F)(F)F)CC1. The molecule has 0 unspecified atom stereocenters. The van der Waals surface area contributed by atoms with Crippen LogP contribution in [-0.4, -0.2) is 44.1 Å². The molecule has 0 amide bonds. The molecule has 2 N–H and O–H groups in total. The number of nitrogens with two attached hydrogens (primary N) is 1. The molecule has 100 valence electrons. The van der Waals surface area contributed by atoms with E-state index in [1.165, 1.54) is 0 Å². The van der Waals surface area contributed by atoms with Gasteiger partial charge in [-0.05, 0) is 12.8 Å². The van der Waals surface area contributed by atoms with E-state index in [0.717, 1.165) is 4.31 Å². The number of hydrogen-bond acceptors (Lipinski definition) is 4. The van der Waals surface area contributed by atoms with Crippen LogP contribution in [0.1, 0.15) is 12.8 Å². The van der Waals surface area contributed by atoms with E-state index in [0.29, 0.717) is 0 Å². The zero-order chi connectivity index (χ0) is 13.3. The summed E-state index contributed by atoms with van der Waals surface area (Å²) < 4.78 is 62.5. The monoisotopic (exact) mass is 276 g/mol. The largest absolute Gasteiger partial charge is 0.490 e. The van der Waals surface area contributed by atoms with Crippen molar-refractivity contribution in [2.45, 2.75) is 25.1 Å². The molecule has 10 heteroatoms. The minimum absolute atomic E-state index is 0.00174. The van der Waals surface area contributed by atoms with Gasteiger partial charge in [0.25, 0.3) is 10.2 Å². The maximum absolute atomic E-state index is 11.9. The highest BCUT2D eigenvalue weighted by Gasteiger charge is 2.42. The molecule has 0 aromatic carbocycles. The maximum Gasteiger partial charge on any atom is 0.490 e. The van der Waals surface area contributed by atoms with Gasteiger partial charge in [-0.3, -0.25) is 0 Å². The topological polar surface area (TPSA) is 89.7 Å². The van der Waals surface area contributed by atoms with Gasteiger partial charge < -0.3 is 4.74 Å². The Kier molecular flexibility index (Phi) is 3.99. The van der Waals surface area contributed by atoms with E-state index in [4.69, 9.17) is 5.14 Å². The number of esters is 1. The molecule has 1 rings (SSSR count). The molecule has 1 aliphatic heterocycles. The molecule has 0 aromatic heterocycles. The lowest BCUT2D eigenvalue weighted by Crippen LogP contribution is -2.45. The van der Waals surface area contributed by atoms with Gasteiger partial charge in [-0.2, -0.15) is 25.9 Å². The van der Waals surface area contributed by atoms with Crippen LogP contribution < -0.4 is 5.14 Å². The Morgan fingerprint density at radius 1 is 1.29 bits per heavy atom. The van der Waals surface area contributed by atoms with Gasteiger partial charge in [0.15, 0.2) is 0 Å². The van der Waals surface area contributed by atoms with Crippen molar-refractivity contribution >= 4 is 16.2 Å². The second-order valence-electron chi connectivity index (χ2n) is 3.55. The molecule has 1 fully saturated rings. The van der Waals surface area contributed by atoms with Crippen LogP contribution in [0.4, 0.5) is 13.2 Å². The summed E-state index contributed by atoms with van der Waals surface area (Å²) in [5, 5.41) is 4.84. The molecule has 0 aliphatic carbocycles. The van der Waals surface area contributed by atoms with Crippen LogP contribution in [0.25, 0.3) is 0 Å². The van der Waals surface area contributed by atoms with Crippen molar-refractivity contribution < 1.29 is 31.1 Å². The van der Waals surface area contributed by atoms with E-state index in [1.54, 1.807) is 0 Å². The molecule has 17 heavy (non-hydrogen) atoms. The minimum Gasteiger partial charge on any atom is -0.456 e. The van der Waals surface area contributed by atoms with Crippen LogP contribution in [0, 0.1) is 0 Å². The van der Waals surface area contributed by atoms with Crippen LogP contribution in [0.2, 0.25) is 0 Å². The fraction of sp³-hybridized carbons (Fsp3) is 0.857.